The van der Waals surface area contributed by atoms with Crippen molar-refractivity contribution < 1.29 is 9.90 Å². The van der Waals surface area contributed by atoms with Gasteiger partial charge >= 0.3 is 5.97 Å². The van der Waals surface area contributed by atoms with Crippen LogP contribution in [0.1, 0.15) is 47.4 Å². The summed E-state index contributed by atoms with van der Waals surface area (Å²) in [5.74, 6) is -0.507. The van der Waals surface area contributed by atoms with E-state index in [0.717, 1.165) is 25.7 Å². The van der Waals surface area contributed by atoms with Crippen LogP contribution in [0.25, 0.3) is 0 Å². The summed E-state index contributed by atoms with van der Waals surface area (Å²) in [7, 11) is 0. The fraction of sp³-hybridized carbons (Fsp3) is 0.346. The summed E-state index contributed by atoms with van der Waals surface area (Å²) in [6.07, 6.45) is 7.87. The molecule has 2 bridgehead atoms. The van der Waals surface area contributed by atoms with Crippen LogP contribution in [0.4, 0.5) is 0 Å². The fourth-order valence-corrected chi connectivity index (χ4v) is 9.04. The molecule has 3 aromatic rings. The molecule has 0 spiro atoms. The maximum absolute atomic E-state index is 13.0. The zero-order valence-electron chi connectivity index (χ0n) is 16.8. The van der Waals surface area contributed by atoms with Gasteiger partial charge < -0.3 is 10.1 Å². The number of fused-ring (bicyclic) bond motifs is 1. The zero-order chi connectivity index (χ0) is 20.3. The molecule has 4 heteroatoms. The number of carbonyl (C=O) groups is 1. The quantitative estimate of drug-likeness (QED) is 0.601. The molecule has 152 valence electrons. The van der Waals surface area contributed by atoms with E-state index >= 15 is 0 Å². The van der Waals surface area contributed by atoms with Gasteiger partial charge in [-0.3, -0.25) is 4.79 Å². The van der Waals surface area contributed by atoms with E-state index in [9.17, 15) is 9.90 Å². The highest BCUT2D eigenvalue weighted by atomic mass is 32.2. The van der Waals surface area contributed by atoms with Crippen LogP contribution in [0.3, 0.4) is 0 Å². The molecule has 3 aliphatic carbocycles. The van der Waals surface area contributed by atoms with E-state index in [0.29, 0.717) is 5.25 Å². The molecule has 3 nitrogen and oxygen atoms in total. The third-order valence-corrected chi connectivity index (χ3v) is 9.70. The van der Waals surface area contributed by atoms with Crippen molar-refractivity contribution in [1.82, 2.24) is 4.98 Å². The smallest absolute Gasteiger partial charge is 0.311 e. The van der Waals surface area contributed by atoms with Gasteiger partial charge in [-0.2, -0.15) is 11.8 Å². The zero-order valence-corrected chi connectivity index (χ0v) is 17.6. The molecule has 0 radical (unpaired) electrons. The molecule has 2 N–H and O–H groups in total. The minimum absolute atomic E-state index is 0.0562. The fourth-order valence-electron chi connectivity index (χ4n) is 6.78. The first-order valence-electron chi connectivity index (χ1n) is 10.8. The average molecular weight is 416 g/mol. The summed E-state index contributed by atoms with van der Waals surface area (Å²) in [6, 6.07) is 21.2. The molecule has 4 aliphatic rings. The third-order valence-electron chi connectivity index (χ3n) is 7.89. The number of H-pyrrole nitrogens is 1. The Morgan fingerprint density at radius 3 is 2.53 bits per heavy atom. The SMILES string of the molecule is O=C(O)C12CC(Cc3ccccc3)SC1C1(c3ccccc3)CCC2c2c[nH]cc21. The monoisotopic (exact) mass is 415 g/mol. The van der Waals surface area contributed by atoms with Gasteiger partial charge in [-0.15, -0.1) is 0 Å². The Labute approximate surface area is 180 Å². The second-order valence-corrected chi connectivity index (χ2v) is 10.5. The number of carboxylic acids is 1. The molecule has 30 heavy (non-hydrogen) atoms. The minimum atomic E-state index is -0.701. The maximum atomic E-state index is 13.0. The number of carboxylic acid groups (broad SMARTS) is 1. The van der Waals surface area contributed by atoms with Gasteiger partial charge in [0.1, 0.15) is 0 Å². The standard InChI is InChI=1S/C26H25NO2S/c28-24(29)26-14-19(13-17-7-3-1-4-8-17)30-23(26)25(18-9-5-2-6-10-18)12-11-21(26)20-15-27-16-22(20)25/h1-10,15-16,19,21,23,27H,11-14H2,(H,28,29). The number of hydrogen-bond acceptors (Lipinski definition) is 2. The maximum Gasteiger partial charge on any atom is 0.311 e. The summed E-state index contributed by atoms with van der Waals surface area (Å²) >= 11 is 1.95. The van der Waals surface area contributed by atoms with Crippen molar-refractivity contribution in [3.63, 3.8) is 0 Å². The number of aromatic nitrogens is 1. The number of benzene rings is 2. The van der Waals surface area contributed by atoms with Gasteiger partial charge in [0.15, 0.2) is 0 Å². The van der Waals surface area contributed by atoms with Crippen LogP contribution in [0.2, 0.25) is 0 Å². The topological polar surface area (TPSA) is 53.1 Å². The summed E-state index contributed by atoms with van der Waals surface area (Å²) in [5.41, 5.74) is 4.21. The molecule has 0 amide bonds. The van der Waals surface area contributed by atoms with Crippen LogP contribution < -0.4 is 0 Å². The van der Waals surface area contributed by atoms with Gasteiger partial charge in [0, 0.05) is 34.2 Å². The molecule has 1 saturated heterocycles. The molecule has 1 saturated carbocycles. The van der Waals surface area contributed by atoms with E-state index in [2.05, 4.69) is 72.0 Å². The number of aromatic amines is 1. The molecule has 2 heterocycles. The molecule has 5 atom stereocenters. The van der Waals surface area contributed by atoms with Crippen LogP contribution in [0.5, 0.6) is 0 Å². The van der Waals surface area contributed by atoms with Gasteiger partial charge in [-0.05, 0) is 47.9 Å². The van der Waals surface area contributed by atoms with Crippen LogP contribution >= 0.6 is 11.8 Å². The predicted octanol–water partition coefficient (Wildman–Crippen LogP) is 5.38. The summed E-state index contributed by atoms with van der Waals surface area (Å²) in [4.78, 5) is 16.4. The Bertz CT molecular complexity index is 1090. The first kappa shape index (κ1) is 18.3. The molecule has 2 fully saturated rings. The Morgan fingerprint density at radius 2 is 1.80 bits per heavy atom. The molecule has 2 aromatic carbocycles. The van der Waals surface area contributed by atoms with Crippen molar-refractivity contribution >= 4 is 17.7 Å². The van der Waals surface area contributed by atoms with E-state index < -0.39 is 11.4 Å². The molecule has 1 aromatic heterocycles. The normalized spacial score (nSPS) is 33.8. The van der Waals surface area contributed by atoms with Crippen LogP contribution in [-0.4, -0.2) is 26.6 Å². The molecule has 7 rings (SSSR count). The number of rotatable bonds is 4. The van der Waals surface area contributed by atoms with Crippen molar-refractivity contribution in [2.45, 2.75) is 47.5 Å². The van der Waals surface area contributed by atoms with Gasteiger partial charge in [-0.1, -0.05) is 60.7 Å². The average Bonchev–Trinajstić information content (AvgIpc) is 3.42. The van der Waals surface area contributed by atoms with Gasteiger partial charge in [0.2, 0.25) is 0 Å². The lowest BCUT2D eigenvalue weighted by Crippen LogP contribution is -2.60. The van der Waals surface area contributed by atoms with Crippen molar-refractivity contribution in [2.24, 2.45) is 5.41 Å². The van der Waals surface area contributed by atoms with Crippen molar-refractivity contribution in [3.05, 3.63) is 95.3 Å². The van der Waals surface area contributed by atoms with E-state index in [1.165, 1.54) is 22.3 Å². The lowest BCUT2D eigenvalue weighted by atomic mass is 9.46. The Balaban J connectivity index is 1.52. The summed E-state index contributed by atoms with van der Waals surface area (Å²) < 4.78 is 0. The van der Waals surface area contributed by atoms with Gasteiger partial charge in [0.05, 0.1) is 5.41 Å². The van der Waals surface area contributed by atoms with Crippen molar-refractivity contribution in [2.75, 3.05) is 0 Å². The Kier molecular flexibility index (Phi) is 3.98. The molecular weight excluding hydrogens is 390 g/mol. The number of aliphatic carboxylic acids is 1. The van der Waals surface area contributed by atoms with E-state index in [1.54, 1.807) is 0 Å². The second kappa shape index (κ2) is 6.52. The predicted molar refractivity (Wildman–Crippen MR) is 120 cm³/mol. The molecular formula is C26H25NO2S. The van der Waals surface area contributed by atoms with Crippen molar-refractivity contribution in [1.29, 1.82) is 0 Å². The van der Waals surface area contributed by atoms with Crippen LogP contribution in [0, 0.1) is 5.41 Å². The van der Waals surface area contributed by atoms with Crippen molar-refractivity contribution in [3.8, 4) is 0 Å². The van der Waals surface area contributed by atoms with Crippen LogP contribution in [0.15, 0.2) is 73.1 Å². The van der Waals surface area contributed by atoms with Gasteiger partial charge in [0.25, 0.3) is 0 Å². The molecule has 1 aliphatic heterocycles. The highest BCUT2D eigenvalue weighted by Crippen LogP contribution is 2.72. The van der Waals surface area contributed by atoms with E-state index in [-0.39, 0.29) is 16.6 Å². The highest BCUT2D eigenvalue weighted by molar-refractivity contribution is 8.01. The summed E-state index contributed by atoms with van der Waals surface area (Å²) in [6.45, 7) is 0. The lowest BCUT2D eigenvalue weighted by Gasteiger charge is -2.58. The number of hydrogen-bond donors (Lipinski definition) is 2. The highest BCUT2D eigenvalue weighted by Gasteiger charge is 2.71. The van der Waals surface area contributed by atoms with Crippen LogP contribution in [-0.2, 0) is 16.6 Å². The first-order valence-corrected chi connectivity index (χ1v) is 11.8. The minimum Gasteiger partial charge on any atom is -0.481 e. The summed E-state index contributed by atoms with van der Waals surface area (Å²) in [5, 5.41) is 11.1. The van der Waals surface area contributed by atoms with E-state index in [1.807, 2.05) is 17.8 Å². The Morgan fingerprint density at radius 1 is 1.07 bits per heavy atom. The largest absolute Gasteiger partial charge is 0.481 e. The lowest BCUT2D eigenvalue weighted by molar-refractivity contribution is -0.154. The number of nitrogens with one attached hydrogen (secondary N) is 1. The third kappa shape index (κ3) is 2.26. The van der Waals surface area contributed by atoms with Gasteiger partial charge in [-0.25, -0.2) is 0 Å². The van der Waals surface area contributed by atoms with E-state index in [4.69, 9.17) is 0 Å². The second-order valence-electron chi connectivity index (χ2n) is 9.13. The molecule has 5 unspecified atom stereocenters. The number of thioether (sulfide) groups is 1. The Hall–Kier alpha value is -2.46. The first-order chi connectivity index (χ1) is 14.7.